The molecule has 0 aromatic carbocycles. The van der Waals surface area contributed by atoms with Gasteiger partial charge in [-0.15, -0.1) is 11.3 Å². The number of furan rings is 1. The average molecular weight is 325 g/mol. The van der Waals surface area contributed by atoms with Gasteiger partial charge in [0.1, 0.15) is 11.6 Å². The van der Waals surface area contributed by atoms with Crippen LogP contribution in [-0.2, 0) is 18.5 Å². The highest BCUT2D eigenvalue weighted by molar-refractivity contribution is 7.13. The summed E-state index contributed by atoms with van der Waals surface area (Å²) in [4.78, 5) is 8.67. The highest BCUT2D eigenvalue weighted by Gasteiger charge is 2.46. The number of likely N-dealkylation sites (tertiary alicyclic amines) is 1. The zero-order valence-electron chi connectivity index (χ0n) is 12.9. The highest BCUT2D eigenvalue weighted by Crippen LogP contribution is 2.44. The van der Waals surface area contributed by atoms with Gasteiger partial charge in [0.2, 0.25) is 0 Å². The molecule has 3 aromatic rings. The molecule has 118 valence electrons. The molecule has 0 amide bonds. The van der Waals surface area contributed by atoms with Gasteiger partial charge >= 0.3 is 0 Å². The first-order valence-electron chi connectivity index (χ1n) is 8.19. The fourth-order valence-corrected chi connectivity index (χ4v) is 4.93. The third-order valence-electron chi connectivity index (χ3n) is 5.31. The molecule has 1 atom stereocenters. The molecular formula is C18H19N3OS. The molecule has 23 heavy (non-hydrogen) atoms. The van der Waals surface area contributed by atoms with E-state index in [9.17, 15) is 0 Å². The molecule has 0 N–H and O–H groups in total. The Bertz CT molecular complexity index is 806. The molecule has 1 saturated heterocycles. The van der Waals surface area contributed by atoms with Crippen molar-refractivity contribution in [1.82, 2.24) is 14.5 Å². The summed E-state index contributed by atoms with van der Waals surface area (Å²) in [6.45, 7) is 4.22. The van der Waals surface area contributed by atoms with Crippen molar-refractivity contribution >= 4 is 11.3 Å². The zero-order valence-corrected chi connectivity index (χ0v) is 13.8. The Hall–Kier alpha value is -1.85. The van der Waals surface area contributed by atoms with Crippen LogP contribution in [-0.4, -0.2) is 27.5 Å². The Labute approximate surface area is 139 Å². The molecule has 0 unspecified atom stereocenters. The number of thiophene rings is 1. The lowest BCUT2D eigenvalue weighted by Gasteiger charge is -2.22. The second-order valence-electron chi connectivity index (χ2n) is 6.67. The molecule has 1 fully saturated rings. The number of aromatic nitrogens is 2. The van der Waals surface area contributed by atoms with Crippen LogP contribution in [0.25, 0.3) is 10.6 Å². The van der Waals surface area contributed by atoms with Crippen molar-refractivity contribution in [3.63, 3.8) is 0 Å². The summed E-state index contributed by atoms with van der Waals surface area (Å²) in [7, 11) is 0. The number of imidazole rings is 1. The van der Waals surface area contributed by atoms with E-state index in [0.717, 1.165) is 31.9 Å². The SMILES string of the molecule is c1coc(CN2CC[C@@]3(CCn4c(-c5cccs5)cnc43)C2)c1. The van der Waals surface area contributed by atoms with Crippen molar-refractivity contribution < 1.29 is 4.42 Å². The van der Waals surface area contributed by atoms with Crippen LogP contribution in [0.3, 0.4) is 0 Å². The quantitative estimate of drug-likeness (QED) is 0.735. The van der Waals surface area contributed by atoms with Gasteiger partial charge in [0.25, 0.3) is 0 Å². The normalized spacial score (nSPS) is 23.8. The molecule has 0 aliphatic carbocycles. The van der Waals surface area contributed by atoms with Crippen molar-refractivity contribution in [3.8, 4) is 10.6 Å². The fourth-order valence-electron chi connectivity index (χ4n) is 4.19. The van der Waals surface area contributed by atoms with Crippen LogP contribution in [0.5, 0.6) is 0 Å². The maximum atomic E-state index is 5.51. The van der Waals surface area contributed by atoms with Crippen LogP contribution < -0.4 is 0 Å². The standard InChI is InChI=1S/C18H19N3OS/c1-3-14(22-9-1)12-20-7-5-18(13-20)6-8-21-15(11-19-17(18)21)16-4-2-10-23-16/h1-4,9-11H,5-8,12-13H2/t18-/m1/s1. The van der Waals surface area contributed by atoms with Gasteiger partial charge in [0, 0.05) is 18.5 Å². The summed E-state index contributed by atoms with van der Waals surface area (Å²) in [5, 5.41) is 2.14. The van der Waals surface area contributed by atoms with E-state index in [1.54, 1.807) is 17.6 Å². The second kappa shape index (κ2) is 5.08. The van der Waals surface area contributed by atoms with Crippen LogP contribution in [0.2, 0.25) is 0 Å². The molecule has 5 heterocycles. The molecule has 0 saturated carbocycles. The van der Waals surface area contributed by atoms with Crippen LogP contribution in [0.15, 0.2) is 46.5 Å². The first-order valence-corrected chi connectivity index (χ1v) is 9.07. The minimum Gasteiger partial charge on any atom is -0.468 e. The Balaban J connectivity index is 1.42. The van der Waals surface area contributed by atoms with Gasteiger partial charge in [-0.05, 0) is 43.0 Å². The van der Waals surface area contributed by atoms with Gasteiger partial charge < -0.3 is 8.98 Å². The van der Waals surface area contributed by atoms with E-state index in [4.69, 9.17) is 9.40 Å². The van der Waals surface area contributed by atoms with Crippen LogP contribution in [0.4, 0.5) is 0 Å². The topological polar surface area (TPSA) is 34.2 Å². The zero-order chi connectivity index (χ0) is 15.3. The maximum Gasteiger partial charge on any atom is 0.117 e. The van der Waals surface area contributed by atoms with Crippen molar-refractivity contribution in [2.45, 2.75) is 31.3 Å². The summed E-state index contributed by atoms with van der Waals surface area (Å²) in [5.74, 6) is 2.35. The lowest BCUT2D eigenvalue weighted by molar-refractivity contribution is 0.275. The minimum atomic E-state index is 0.238. The third kappa shape index (κ3) is 2.11. The number of fused-ring (bicyclic) bond motifs is 2. The predicted molar refractivity (Wildman–Crippen MR) is 90.4 cm³/mol. The van der Waals surface area contributed by atoms with E-state index < -0.39 is 0 Å². The largest absolute Gasteiger partial charge is 0.468 e. The van der Waals surface area contributed by atoms with E-state index in [1.165, 1.54) is 29.2 Å². The van der Waals surface area contributed by atoms with Gasteiger partial charge in [0.15, 0.2) is 0 Å². The Kier molecular flexibility index (Phi) is 3.00. The smallest absolute Gasteiger partial charge is 0.117 e. The van der Waals surface area contributed by atoms with Gasteiger partial charge in [-0.25, -0.2) is 4.98 Å². The van der Waals surface area contributed by atoms with Crippen molar-refractivity contribution in [2.24, 2.45) is 0 Å². The molecular weight excluding hydrogens is 306 g/mol. The molecule has 5 rings (SSSR count). The van der Waals surface area contributed by atoms with E-state index in [2.05, 4.69) is 39.2 Å². The Morgan fingerprint density at radius 2 is 2.17 bits per heavy atom. The number of rotatable bonds is 3. The lowest BCUT2D eigenvalue weighted by Crippen LogP contribution is -2.29. The van der Waals surface area contributed by atoms with Crippen LogP contribution in [0, 0.1) is 0 Å². The highest BCUT2D eigenvalue weighted by atomic mass is 32.1. The van der Waals surface area contributed by atoms with E-state index in [-0.39, 0.29) is 5.41 Å². The van der Waals surface area contributed by atoms with Crippen molar-refractivity contribution in [1.29, 1.82) is 0 Å². The Morgan fingerprint density at radius 1 is 1.22 bits per heavy atom. The summed E-state index contributed by atoms with van der Waals surface area (Å²) in [6.07, 6.45) is 6.24. The average Bonchev–Trinajstić information content (AvgIpc) is 3.33. The molecule has 3 aromatic heterocycles. The van der Waals surface area contributed by atoms with Gasteiger partial charge in [-0.3, -0.25) is 4.90 Å². The third-order valence-corrected chi connectivity index (χ3v) is 6.20. The van der Waals surface area contributed by atoms with Crippen molar-refractivity contribution in [3.05, 3.63) is 53.7 Å². The predicted octanol–water partition coefficient (Wildman–Crippen LogP) is 3.75. The first kappa shape index (κ1) is 13.6. The number of hydrogen-bond donors (Lipinski definition) is 0. The van der Waals surface area contributed by atoms with E-state index in [0.29, 0.717) is 0 Å². The molecule has 0 bridgehead atoms. The summed E-state index contributed by atoms with van der Waals surface area (Å²) in [6, 6.07) is 8.34. The van der Waals surface area contributed by atoms with Crippen molar-refractivity contribution in [2.75, 3.05) is 13.1 Å². The maximum absolute atomic E-state index is 5.51. The van der Waals surface area contributed by atoms with Gasteiger partial charge in [0.05, 0.1) is 29.6 Å². The molecule has 2 aliphatic heterocycles. The van der Waals surface area contributed by atoms with Crippen LogP contribution in [0.1, 0.15) is 24.4 Å². The molecule has 5 heteroatoms. The Morgan fingerprint density at radius 3 is 3.00 bits per heavy atom. The number of nitrogens with zero attached hydrogens (tertiary/aromatic N) is 3. The van der Waals surface area contributed by atoms with Gasteiger partial charge in [-0.2, -0.15) is 0 Å². The summed E-state index contributed by atoms with van der Waals surface area (Å²) < 4.78 is 7.95. The molecule has 1 spiro atoms. The minimum absolute atomic E-state index is 0.238. The summed E-state index contributed by atoms with van der Waals surface area (Å²) in [5.41, 5.74) is 1.53. The van der Waals surface area contributed by atoms with Gasteiger partial charge in [-0.1, -0.05) is 6.07 Å². The fraction of sp³-hybridized carbons (Fsp3) is 0.389. The molecule has 0 radical (unpaired) electrons. The lowest BCUT2D eigenvalue weighted by atomic mass is 9.85. The van der Waals surface area contributed by atoms with E-state index >= 15 is 0 Å². The monoisotopic (exact) mass is 325 g/mol. The molecule has 4 nitrogen and oxygen atoms in total. The number of hydrogen-bond acceptors (Lipinski definition) is 4. The molecule has 2 aliphatic rings. The second-order valence-corrected chi connectivity index (χ2v) is 7.61. The summed E-state index contributed by atoms with van der Waals surface area (Å²) >= 11 is 1.80. The van der Waals surface area contributed by atoms with E-state index in [1.807, 2.05) is 6.07 Å². The van der Waals surface area contributed by atoms with Crippen LogP contribution >= 0.6 is 11.3 Å². The first-order chi connectivity index (χ1) is 11.3.